The summed E-state index contributed by atoms with van der Waals surface area (Å²) in [7, 11) is 0. The number of aromatic nitrogens is 2. The van der Waals surface area contributed by atoms with Crippen molar-refractivity contribution in [3.63, 3.8) is 0 Å². The van der Waals surface area contributed by atoms with E-state index in [4.69, 9.17) is 0 Å². The Labute approximate surface area is 169 Å². The summed E-state index contributed by atoms with van der Waals surface area (Å²) in [5.41, 5.74) is 4.29. The zero-order valence-corrected chi connectivity index (χ0v) is 17.7. The molecule has 0 unspecified atom stereocenters. The van der Waals surface area contributed by atoms with Gasteiger partial charge in [0.15, 0.2) is 0 Å². The maximum atomic E-state index is 12.2. The number of thioether (sulfide) groups is 1. The van der Waals surface area contributed by atoms with Crippen molar-refractivity contribution in [2.75, 3.05) is 5.75 Å². The van der Waals surface area contributed by atoms with Crippen LogP contribution in [0.25, 0.3) is 11.3 Å². The van der Waals surface area contributed by atoms with E-state index in [-0.39, 0.29) is 5.91 Å². The molecule has 26 heavy (non-hydrogen) atoms. The lowest BCUT2D eigenvalue weighted by molar-refractivity contribution is -0.118. The highest BCUT2D eigenvalue weighted by molar-refractivity contribution is 9.10. The molecule has 0 radical (unpaired) electrons. The number of amides is 1. The number of halogens is 1. The van der Waals surface area contributed by atoms with Gasteiger partial charge in [-0.1, -0.05) is 15.9 Å². The normalized spacial score (nSPS) is 10.7. The molecule has 2 heterocycles. The quantitative estimate of drug-likeness (QED) is 0.540. The molecule has 0 saturated carbocycles. The molecule has 0 atom stereocenters. The largest absolute Gasteiger partial charge is 0.349 e. The molecule has 0 spiro atoms. The van der Waals surface area contributed by atoms with Crippen molar-refractivity contribution in [2.45, 2.75) is 25.3 Å². The van der Waals surface area contributed by atoms with E-state index < -0.39 is 0 Å². The second kappa shape index (κ2) is 8.79. The van der Waals surface area contributed by atoms with Crippen LogP contribution in [-0.4, -0.2) is 21.6 Å². The van der Waals surface area contributed by atoms with Crippen LogP contribution in [0, 0.1) is 13.8 Å². The Bertz CT molecular complexity index is 912. The van der Waals surface area contributed by atoms with Crippen LogP contribution in [0.4, 0.5) is 0 Å². The second-order valence-electron chi connectivity index (χ2n) is 5.79. The number of thiazole rings is 1. The first-order chi connectivity index (χ1) is 12.5. The molecule has 1 aromatic carbocycles. The van der Waals surface area contributed by atoms with E-state index in [2.05, 4.69) is 57.2 Å². The van der Waals surface area contributed by atoms with Gasteiger partial charge in [0.25, 0.3) is 0 Å². The van der Waals surface area contributed by atoms with Gasteiger partial charge in [-0.25, -0.2) is 4.98 Å². The number of benzene rings is 1. The highest BCUT2D eigenvalue weighted by Crippen LogP contribution is 2.28. The van der Waals surface area contributed by atoms with Gasteiger partial charge in [0, 0.05) is 32.7 Å². The predicted molar refractivity (Wildman–Crippen MR) is 112 cm³/mol. The molecule has 0 saturated heterocycles. The van der Waals surface area contributed by atoms with Crippen LogP contribution < -0.4 is 5.32 Å². The molecule has 0 aliphatic heterocycles. The number of rotatable bonds is 6. The number of pyridine rings is 1. The number of carbonyl (C=O) groups excluding carboxylic acids is 1. The third kappa shape index (κ3) is 4.93. The summed E-state index contributed by atoms with van der Waals surface area (Å²) in [6.45, 7) is 4.56. The van der Waals surface area contributed by atoms with Crippen LogP contribution in [0.3, 0.4) is 0 Å². The molecule has 4 nitrogen and oxygen atoms in total. The van der Waals surface area contributed by atoms with Crippen molar-refractivity contribution in [1.29, 1.82) is 0 Å². The molecule has 1 N–H and O–H groups in total. The summed E-state index contributed by atoms with van der Waals surface area (Å²) in [5.74, 6) is 0.403. The number of hydrogen-bond acceptors (Lipinski definition) is 5. The third-order valence-corrected chi connectivity index (χ3v) is 6.64. The fourth-order valence-electron chi connectivity index (χ4n) is 2.33. The Morgan fingerprint density at radius 1 is 1.23 bits per heavy atom. The van der Waals surface area contributed by atoms with E-state index >= 15 is 0 Å². The minimum atomic E-state index is 0.00985. The van der Waals surface area contributed by atoms with Crippen molar-refractivity contribution in [3.8, 4) is 11.3 Å². The molecule has 0 aliphatic rings. The summed E-state index contributed by atoms with van der Waals surface area (Å²) < 4.78 is 1.09. The van der Waals surface area contributed by atoms with E-state index in [9.17, 15) is 4.79 Å². The summed E-state index contributed by atoms with van der Waals surface area (Å²) in [6, 6.07) is 8.05. The van der Waals surface area contributed by atoms with Crippen LogP contribution in [0.1, 0.15) is 16.1 Å². The van der Waals surface area contributed by atoms with Crippen molar-refractivity contribution >= 4 is 44.9 Å². The Balaban J connectivity index is 1.52. The van der Waals surface area contributed by atoms with Gasteiger partial charge in [-0.05, 0) is 49.2 Å². The average Bonchev–Trinajstić information content (AvgIpc) is 3.12. The van der Waals surface area contributed by atoms with Gasteiger partial charge in [0.1, 0.15) is 5.01 Å². The highest BCUT2D eigenvalue weighted by Gasteiger charge is 2.09. The van der Waals surface area contributed by atoms with Crippen molar-refractivity contribution < 1.29 is 4.79 Å². The lowest BCUT2D eigenvalue weighted by atomic mass is 10.2. The third-order valence-electron chi connectivity index (χ3n) is 3.78. The maximum Gasteiger partial charge on any atom is 0.230 e. The van der Waals surface area contributed by atoms with Gasteiger partial charge < -0.3 is 5.32 Å². The van der Waals surface area contributed by atoms with Crippen LogP contribution in [0.15, 0.2) is 51.4 Å². The summed E-state index contributed by atoms with van der Waals surface area (Å²) >= 11 is 6.64. The number of nitrogens with one attached hydrogen (secondary N) is 1. The van der Waals surface area contributed by atoms with Gasteiger partial charge in [0.2, 0.25) is 5.91 Å². The molecule has 0 bridgehead atoms. The molecule has 0 fully saturated rings. The monoisotopic (exact) mass is 447 g/mol. The van der Waals surface area contributed by atoms with Crippen molar-refractivity contribution in [1.82, 2.24) is 15.3 Å². The van der Waals surface area contributed by atoms with Crippen LogP contribution in [0.2, 0.25) is 0 Å². The minimum Gasteiger partial charge on any atom is -0.349 e. The first-order valence-electron chi connectivity index (χ1n) is 8.04. The smallest absolute Gasteiger partial charge is 0.230 e. The molecule has 1 amide bonds. The predicted octanol–water partition coefficient (Wildman–Crippen LogP) is 4.99. The molecule has 3 aromatic rings. The topological polar surface area (TPSA) is 54.9 Å². The lowest BCUT2D eigenvalue weighted by Crippen LogP contribution is -2.24. The Morgan fingerprint density at radius 2 is 2.00 bits per heavy atom. The van der Waals surface area contributed by atoms with Crippen LogP contribution in [0.5, 0.6) is 0 Å². The SMILES string of the molecule is Cc1cc(SCC(=O)NCc2nc(-c3ccncc3)cs2)c(C)cc1Br. The van der Waals surface area contributed by atoms with Crippen LogP contribution >= 0.6 is 39.0 Å². The first kappa shape index (κ1) is 19.1. The van der Waals surface area contributed by atoms with Gasteiger partial charge in [-0.2, -0.15) is 0 Å². The number of nitrogens with zero attached hydrogens (tertiary/aromatic N) is 2. The van der Waals surface area contributed by atoms with Gasteiger partial charge >= 0.3 is 0 Å². The van der Waals surface area contributed by atoms with E-state index in [1.165, 1.54) is 11.1 Å². The standard InChI is InChI=1S/C19H18BrN3OS2/c1-12-8-17(13(2)7-15(12)20)25-11-18(24)22-9-19-23-16(10-26-19)14-3-5-21-6-4-14/h3-8,10H,9,11H2,1-2H3,(H,22,24). The lowest BCUT2D eigenvalue weighted by Gasteiger charge is -2.08. The maximum absolute atomic E-state index is 12.2. The first-order valence-corrected chi connectivity index (χ1v) is 10.7. The Morgan fingerprint density at radius 3 is 2.77 bits per heavy atom. The fourth-order valence-corrected chi connectivity index (χ4v) is 4.46. The highest BCUT2D eigenvalue weighted by atomic mass is 79.9. The fraction of sp³-hybridized carbons (Fsp3) is 0.211. The number of hydrogen-bond donors (Lipinski definition) is 1. The number of carbonyl (C=O) groups is 1. The van der Waals surface area contributed by atoms with Gasteiger partial charge in [-0.15, -0.1) is 23.1 Å². The van der Waals surface area contributed by atoms with Gasteiger partial charge in [-0.3, -0.25) is 9.78 Å². The van der Waals surface area contributed by atoms with Crippen molar-refractivity contribution in [3.05, 3.63) is 62.6 Å². The molecule has 7 heteroatoms. The van der Waals surface area contributed by atoms with Crippen LogP contribution in [-0.2, 0) is 11.3 Å². The minimum absolute atomic E-state index is 0.00985. The molecule has 0 aliphatic carbocycles. The summed E-state index contributed by atoms with van der Waals surface area (Å²) in [4.78, 5) is 21.9. The second-order valence-corrected chi connectivity index (χ2v) is 8.61. The number of aryl methyl sites for hydroxylation is 2. The summed E-state index contributed by atoms with van der Waals surface area (Å²) in [6.07, 6.45) is 3.50. The molecule has 134 valence electrons. The van der Waals surface area contributed by atoms with Crippen molar-refractivity contribution in [2.24, 2.45) is 0 Å². The van der Waals surface area contributed by atoms with E-state index in [0.29, 0.717) is 12.3 Å². The van der Waals surface area contributed by atoms with E-state index in [1.807, 2.05) is 17.5 Å². The molecule has 3 rings (SSSR count). The molecule has 2 aromatic heterocycles. The average molecular weight is 448 g/mol. The summed E-state index contributed by atoms with van der Waals surface area (Å²) in [5, 5.41) is 5.84. The Hall–Kier alpha value is -1.70. The van der Waals surface area contributed by atoms with E-state index in [1.54, 1.807) is 35.5 Å². The zero-order valence-electron chi connectivity index (χ0n) is 14.5. The van der Waals surface area contributed by atoms with Gasteiger partial charge in [0.05, 0.1) is 18.0 Å². The van der Waals surface area contributed by atoms with E-state index in [0.717, 1.165) is 25.6 Å². The molecular formula is C19H18BrN3OS2. The molecular weight excluding hydrogens is 430 g/mol. The Kier molecular flexibility index (Phi) is 6.45. The zero-order chi connectivity index (χ0) is 18.5.